The third-order valence-corrected chi connectivity index (χ3v) is 4.07. The van der Waals surface area contributed by atoms with Crippen molar-refractivity contribution in [3.05, 3.63) is 29.6 Å². The lowest BCUT2D eigenvalue weighted by Crippen LogP contribution is -2.27. The molecule has 0 aliphatic rings. The predicted molar refractivity (Wildman–Crippen MR) is 77.9 cm³/mol. The first-order valence-electron chi connectivity index (χ1n) is 6.82. The van der Waals surface area contributed by atoms with Gasteiger partial charge in [-0.25, -0.2) is 0 Å². The van der Waals surface area contributed by atoms with Gasteiger partial charge in [-0.3, -0.25) is 4.98 Å². The normalized spacial score (nSPS) is 13.4. The third kappa shape index (κ3) is 5.32. The zero-order valence-corrected chi connectivity index (χ0v) is 12.7. The average Bonchev–Trinajstić information content (AvgIpc) is 2.42. The minimum Gasteiger partial charge on any atom is -0.309 e. The second-order valence-electron chi connectivity index (χ2n) is 4.54. The van der Waals surface area contributed by atoms with Gasteiger partial charge in [-0.1, -0.05) is 13.8 Å². The lowest BCUT2D eigenvalue weighted by molar-refractivity contribution is -0.138. The van der Waals surface area contributed by atoms with Gasteiger partial charge >= 0.3 is 6.18 Å². The summed E-state index contributed by atoms with van der Waals surface area (Å²) in [4.78, 5) is 3.87. The van der Waals surface area contributed by atoms with Crippen LogP contribution in [0.3, 0.4) is 0 Å². The first-order chi connectivity index (χ1) is 9.50. The van der Waals surface area contributed by atoms with Crippen LogP contribution in [0.4, 0.5) is 13.2 Å². The monoisotopic (exact) mass is 306 g/mol. The molecule has 0 aliphatic heterocycles. The van der Waals surface area contributed by atoms with Crippen LogP contribution >= 0.6 is 11.8 Å². The van der Waals surface area contributed by atoms with Gasteiger partial charge < -0.3 is 5.32 Å². The Kier molecular flexibility index (Phi) is 7.37. The molecule has 0 saturated heterocycles. The number of pyridine rings is 1. The van der Waals surface area contributed by atoms with Gasteiger partial charge in [-0.15, -0.1) is 0 Å². The zero-order valence-electron chi connectivity index (χ0n) is 11.8. The molecule has 1 aromatic heterocycles. The molecule has 0 fully saturated rings. The van der Waals surface area contributed by atoms with E-state index in [1.54, 1.807) is 11.8 Å². The van der Waals surface area contributed by atoms with E-state index in [1.807, 2.05) is 6.92 Å². The van der Waals surface area contributed by atoms with E-state index in [2.05, 4.69) is 17.2 Å². The minimum absolute atomic E-state index is 0.247. The smallest absolute Gasteiger partial charge is 0.309 e. The fourth-order valence-corrected chi connectivity index (χ4v) is 2.85. The average molecular weight is 306 g/mol. The Hall–Kier alpha value is -0.750. The summed E-state index contributed by atoms with van der Waals surface area (Å²) in [5.74, 6) is 1.58. The van der Waals surface area contributed by atoms with Crippen LogP contribution in [0.15, 0.2) is 18.5 Å². The number of halogens is 3. The Morgan fingerprint density at radius 2 is 2.05 bits per heavy atom. The fraction of sp³-hybridized carbons (Fsp3) is 0.643. The van der Waals surface area contributed by atoms with E-state index in [1.165, 1.54) is 12.4 Å². The van der Waals surface area contributed by atoms with Crippen molar-refractivity contribution in [2.75, 3.05) is 18.1 Å². The van der Waals surface area contributed by atoms with Crippen LogP contribution < -0.4 is 5.32 Å². The molecule has 1 N–H and O–H groups in total. The Bertz CT molecular complexity index is 396. The summed E-state index contributed by atoms with van der Waals surface area (Å²) in [6, 6.07) is 0.748. The molecule has 0 aromatic carbocycles. The van der Waals surface area contributed by atoms with Crippen LogP contribution in [0.1, 0.15) is 43.9 Å². The number of alkyl halides is 3. The number of aromatic nitrogens is 1. The van der Waals surface area contributed by atoms with Crippen molar-refractivity contribution in [1.29, 1.82) is 0 Å². The van der Waals surface area contributed by atoms with Crippen LogP contribution in [0.25, 0.3) is 0 Å². The topological polar surface area (TPSA) is 24.9 Å². The quantitative estimate of drug-likeness (QED) is 0.725. The summed E-state index contributed by atoms with van der Waals surface area (Å²) in [5.41, 5.74) is -0.338. The standard InChI is InChI=1S/C14H21F3N2S/c1-3-6-19-13(10-20-8-4-2)11-9-18-7-5-12(11)14(15,16)17/h5,7,9,13,19H,3-4,6,8,10H2,1-2H3. The summed E-state index contributed by atoms with van der Waals surface area (Å²) in [6.07, 6.45) is 0.103. The first-order valence-corrected chi connectivity index (χ1v) is 7.98. The van der Waals surface area contributed by atoms with Gasteiger partial charge in [-0.05, 0) is 31.2 Å². The molecule has 1 aromatic rings. The van der Waals surface area contributed by atoms with Crippen LogP contribution in [0.2, 0.25) is 0 Å². The molecule has 0 aliphatic carbocycles. The third-order valence-electron chi connectivity index (χ3n) is 2.81. The molecular weight excluding hydrogens is 285 g/mol. The van der Waals surface area contributed by atoms with E-state index >= 15 is 0 Å². The Morgan fingerprint density at radius 3 is 2.65 bits per heavy atom. The predicted octanol–water partition coefficient (Wildman–Crippen LogP) is 4.28. The molecule has 1 atom stereocenters. The van der Waals surface area contributed by atoms with Crippen LogP contribution in [0.5, 0.6) is 0 Å². The lowest BCUT2D eigenvalue weighted by atomic mass is 10.0. The van der Waals surface area contributed by atoms with Gasteiger partial charge in [0.2, 0.25) is 0 Å². The molecule has 0 spiro atoms. The van der Waals surface area contributed by atoms with Crippen molar-refractivity contribution in [3.63, 3.8) is 0 Å². The van der Waals surface area contributed by atoms with Gasteiger partial charge in [0.25, 0.3) is 0 Å². The SMILES string of the molecule is CCCNC(CSCCC)c1cnccc1C(F)(F)F. The molecule has 0 amide bonds. The lowest BCUT2D eigenvalue weighted by Gasteiger charge is -2.22. The number of thioether (sulfide) groups is 1. The second-order valence-corrected chi connectivity index (χ2v) is 5.69. The molecule has 0 saturated carbocycles. The maximum Gasteiger partial charge on any atom is 0.416 e. The number of hydrogen-bond donors (Lipinski definition) is 1. The van der Waals surface area contributed by atoms with Crippen LogP contribution in [-0.4, -0.2) is 23.0 Å². The molecule has 1 rings (SSSR count). The van der Waals surface area contributed by atoms with E-state index in [0.29, 0.717) is 12.3 Å². The summed E-state index contributed by atoms with van der Waals surface area (Å²) >= 11 is 1.67. The maximum absolute atomic E-state index is 13.1. The molecule has 1 heterocycles. The number of nitrogens with one attached hydrogen (secondary N) is 1. The molecule has 0 bridgehead atoms. The molecule has 2 nitrogen and oxygen atoms in total. The molecule has 0 radical (unpaired) electrons. The van der Waals surface area contributed by atoms with Crippen LogP contribution in [0, 0.1) is 0 Å². The van der Waals surface area contributed by atoms with E-state index in [4.69, 9.17) is 0 Å². The van der Waals surface area contributed by atoms with E-state index in [9.17, 15) is 13.2 Å². The van der Waals surface area contributed by atoms with Crippen molar-refractivity contribution in [3.8, 4) is 0 Å². The van der Waals surface area contributed by atoms with E-state index < -0.39 is 11.7 Å². The number of nitrogens with zero attached hydrogens (tertiary/aromatic N) is 1. The van der Waals surface area contributed by atoms with E-state index in [-0.39, 0.29) is 11.6 Å². The number of hydrogen-bond acceptors (Lipinski definition) is 3. The largest absolute Gasteiger partial charge is 0.416 e. The zero-order chi connectivity index (χ0) is 15.0. The Morgan fingerprint density at radius 1 is 1.30 bits per heavy atom. The van der Waals surface area contributed by atoms with Crippen molar-refractivity contribution in [2.45, 2.75) is 38.9 Å². The van der Waals surface area contributed by atoms with Gasteiger partial charge in [0.15, 0.2) is 0 Å². The second kappa shape index (κ2) is 8.52. The highest BCUT2D eigenvalue weighted by atomic mass is 32.2. The summed E-state index contributed by atoms with van der Waals surface area (Å²) in [5, 5.41) is 3.20. The van der Waals surface area contributed by atoms with Gasteiger partial charge in [0.05, 0.1) is 5.56 Å². The highest BCUT2D eigenvalue weighted by Crippen LogP contribution is 2.34. The molecule has 20 heavy (non-hydrogen) atoms. The van der Waals surface area contributed by atoms with Crippen molar-refractivity contribution >= 4 is 11.8 Å². The van der Waals surface area contributed by atoms with Crippen LogP contribution in [-0.2, 0) is 6.18 Å². The first kappa shape index (κ1) is 17.3. The summed E-state index contributed by atoms with van der Waals surface area (Å²) < 4.78 is 39.2. The highest BCUT2D eigenvalue weighted by molar-refractivity contribution is 7.99. The molecule has 114 valence electrons. The summed E-state index contributed by atoms with van der Waals surface area (Å²) in [7, 11) is 0. The molecule has 6 heteroatoms. The maximum atomic E-state index is 13.1. The van der Waals surface area contributed by atoms with Crippen molar-refractivity contribution in [1.82, 2.24) is 10.3 Å². The Balaban J connectivity index is 2.94. The minimum atomic E-state index is -4.33. The molecule has 1 unspecified atom stereocenters. The molecular formula is C14H21F3N2S. The van der Waals surface area contributed by atoms with Gasteiger partial charge in [0.1, 0.15) is 0 Å². The van der Waals surface area contributed by atoms with Gasteiger partial charge in [0, 0.05) is 29.8 Å². The van der Waals surface area contributed by atoms with Crippen molar-refractivity contribution < 1.29 is 13.2 Å². The fourth-order valence-electron chi connectivity index (χ4n) is 1.87. The number of rotatable bonds is 8. The highest BCUT2D eigenvalue weighted by Gasteiger charge is 2.35. The van der Waals surface area contributed by atoms with E-state index in [0.717, 1.165) is 24.7 Å². The Labute approximate surface area is 122 Å². The summed E-state index contributed by atoms with van der Waals surface area (Å²) in [6.45, 7) is 4.76. The van der Waals surface area contributed by atoms with Crippen molar-refractivity contribution in [2.24, 2.45) is 0 Å². The van der Waals surface area contributed by atoms with Gasteiger partial charge in [-0.2, -0.15) is 24.9 Å².